The van der Waals surface area contributed by atoms with Crippen molar-refractivity contribution in [1.29, 1.82) is 0 Å². The highest BCUT2D eigenvalue weighted by Crippen LogP contribution is 2.21. The first-order valence-electron chi connectivity index (χ1n) is 6.91. The topological polar surface area (TPSA) is 58.6 Å². The smallest absolute Gasteiger partial charge is 0.337 e. The van der Waals surface area contributed by atoms with Gasteiger partial charge < -0.3 is 15.0 Å². The average molecular weight is 294 g/mol. The molecule has 5 nitrogen and oxygen atoms in total. The van der Waals surface area contributed by atoms with E-state index in [0.717, 1.165) is 12.8 Å². The van der Waals surface area contributed by atoms with Gasteiger partial charge in [-0.05, 0) is 31.0 Å². The summed E-state index contributed by atoms with van der Waals surface area (Å²) >= 11 is 0. The molecule has 1 fully saturated rings. The third kappa shape index (κ3) is 3.71. The van der Waals surface area contributed by atoms with Crippen molar-refractivity contribution in [1.82, 2.24) is 4.90 Å². The number of anilines is 1. The first-order valence-corrected chi connectivity index (χ1v) is 6.91. The molecule has 1 aromatic rings. The van der Waals surface area contributed by atoms with Crippen molar-refractivity contribution < 1.29 is 18.7 Å². The number of nitrogens with zero attached hydrogens (tertiary/aromatic N) is 1. The second-order valence-electron chi connectivity index (χ2n) is 5.11. The SMILES string of the molecule is COC(=O)c1ccc(F)c(NC2CCN(C(C)=O)CC2)c1. The molecule has 0 aromatic heterocycles. The van der Waals surface area contributed by atoms with E-state index in [-0.39, 0.29) is 11.9 Å². The number of halogens is 1. The number of benzene rings is 1. The molecule has 0 unspecified atom stereocenters. The Hall–Kier alpha value is -2.11. The van der Waals surface area contributed by atoms with Crippen molar-refractivity contribution in [2.75, 3.05) is 25.5 Å². The maximum absolute atomic E-state index is 13.8. The van der Waals surface area contributed by atoms with Crippen LogP contribution in [0.3, 0.4) is 0 Å². The Balaban J connectivity index is 2.03. The van der Waals surface area contributed by atoms with Crippen LogP contribution in [-0.4, -0.2) is 43.0 Å². The van der Waals surface area contributed by atoms with Crippen LogP contribution < -0.4 is 5.32 Å². The predicted molar refractivity (Wildman–Crippen MR) is 76.6 cm³/mol. The molecule has 1 aliphatic heterocycles. The van der Waals surface area contributed by atoms with Gasteiger partial charge in [0.2, 0.25) is 5.91 Å². The molecule has 1 amide bonds. The van der Waals surface area contributed by atoms with Crippen molar-refractivity contribution in [2.24, 2.45) is 0 Å². The van der Waals surface area contributed by atoms with Crippen molar-refractivity contribution >= 4 is 17.6 Å². The third-order valence-corrected chi connectivity index (χ3v) is 3.69. The van der Waals surface area contributed by atoms with E-state index in [1.165, 1.54) is 25.3 Å². The summed E-state index contributed by atoms with van der Waals surface area (Å²) in [6.45, 7) is 2.86. The number of hydrogen-bond donors (Lipinski definition) is 1. The van der Waals surface area contributed by atoms with Crippen molar-refractivity contribution in [3.05, 3.63) is 29.6 Å². The minimum absolute atomic E-state index is 0.0623. The van der Waals surface area contributed by atoms with Crippen molar-refractivity contribution in [2.45, 2.75) is 25.8 Å². The number of carbonyl (C=O) groups is 2. The summed E-state index contributed by atoms with van der Waals surface area (Å²) in [6, 6.07) is 4.19. The van der Waals surface area contributed by atoms with Crippen LogP contribution in [-0.2, 0) is 9.53 Å². The van der Waals surface area contributed by atoms with Crippen LogP contribution >= 0.6 is 0 Å². The molecule has 2 rings (SSSR count). The average Bonchev–Trinajstić information content (AvgIpc) is 2.49. The van der Waals surface area contributed by atoms with E-state index >= 15 is 0 Å². The van der Waals surface area contributed by atoms with Crippen LogP contribution in [0.1, 0.15) is 30.1 Å². The number of carbonyl (C=O) groups excluding carboxylic acids is 2. The van der Waals surface area contributed by atoms with E-state index in [9.17, 15) is 14.0 Å². The maximum atomic E-state index is 13.8. The molecule has 1 aliphatic rings. The summed E-state index contributed by atoms with van der Waals surface area (Å²) in [5, 5.41) is 3.11. The number of ether oxygens (including phenoxy) is 1. The summed E-state index contributed by atoms with van der Waals surface area (Å²) in [5.74, 6) is -0.839. The van der Waals surface area contributed by atoms with E-state index < -0.39 is 11.8 Å². The molecule has 1 heterocycles. The summed E-state index contributed by atoms with van der Waals surface area (Å²) in [5.41, 5.74) is 0.599. The lowest BCUT2D eigenvalue weighted by Crippen LogP contribution is -2.41. The lowest BCUT2D eigenvalue weighted by molar-refractivity contribution is -0.129. The molecular formula is C15H19FN2O3. The van der Waals surface area contributed by atoms with E-state index in [0.29, 0.717) is 24.3 Å². The second-order valence-corrected chi connectivity index (χ2v) is 5.11. The van der Waals surface area contributed by atoms with Crippen LogP contribution in [0, 0.1) is 5.82 Å². The van der Waals surface area contributed by atoms with Crippen LogP contribution in [0.15, 0.2) is 18.2 Å². The van der Waals surface area contributed by atoms with E-state index in [2.05, 4.69) is 10.1 Å². The van der Waals surface area contributed by atoms with Gasteiger partial charge in [0.05, 0.1) is 18.4 Å². The number of rotatable bonds is 3. The van der Waals surface area contributed by atoms with Crippen LogP contribution in [0.5, 0.6) is 0 Å². The van der Waals surface area contributed by atoms with Gasteiger partial charge in [0.1, 0.15) is 5.82 Å². The first-order chi connectivity index (χ1) is 10.0. The first kappa shape index (κ1) is 15.3. The molecule has 1 N–H and O–H groups in total. The minimum atomic E-state index is -0.496. The van der Waals surface area contributed by atoms with Crippen LogP contribution in [0.4, 0.5) is 10.1 Å². The quantitative estimate of drug-likeness (QED) is 0.867. The molecule has 0 bridgehead atoms. The zero-order valence-electron chi connectivity index (χ0n) is 12.2. The van der Waals surface area contributed by atoms with Gasteiger partial charge >= 0.3 is 5.97 Å². The summed E-state index contributed by atoms with van der Waals surface area (Å²) in [7, 11) is 1.29. The highest BCUT2D eigenvalue weighted by Gasteiger charge is 2.21. The summed E-state index contributed by atoms with van der Waals surface area (Å²) in [6.07, 6.45) is 1.50. The maximum Gasteiger partial charge on any atom is 0.337 e. The molecule has 6 heteroatoms. The van der Waals surface area contributed by atoms with Gasteiger partial charge in [-0.2, -0.15) is 0 Å². The zero-order chi connectivity index (χ0) is 15.4. The van der Waals surface area contributed by atoms with Crippen molar-refractivity contribution in [3.63, 3.8) is 0 Å². The fourth-order valence-electron chi connectivity index (χ4n) is 2.44. The number of nitrogens with one attached hydrogen (secondary N) is 1. The molecule has 0 saturated carbocycles. The van der Waals surface area contributed by atoms with Gasteiger partial charge in [-0.15, -0.1) is 0 Å². The van der Waals surface area contributed by atoms with Crippen LogP contribution in [0.2, 0.25) is 0 Å². The Bertz CT molecular complexity index is 540. The Morgan fingerprint density at radius 2 is 2.00 bits per heavy atom. The van der Waals surface area contributed by atoms with Gasteiger partial charge in [0.15, 0.2) is 0 Å². The van der Waals surface area contributed by atoms with Gasteiger partial charge in [-0.25, -0.2) is 9.18 Å². The number of amides is 1. The summed E-state index contributed by atoms with van der Waals surface area (Å²) in [4.78, 5) is 24.5. The minimum Gasteiger partial charge on any atom is -0.465 e. The fraction of sp³-hybridized carbons (Fsp3) is 0.467. The lowest BCUT2D eigenvalue weighted by atomic mass is 10.0. The standard InChI is InChI=1S/C15H19FN2O3/c1-10(19)18-7-5-12(6-8-18)17-14-9-11(15(20)21-2)3-4-13(14)16/h3-4,9,12,17H,5-8H2,1-2H3. The van der Waals surface area contributed by atoms with E-state index in [1.54, 1.807) is 11.8 Å². The molecule has 1 saturated heterocycles. The Labute approximate surface area is 123 Å². The highest BCUT2D eigenvalue weighted by molar-refractivity contribution is 5.90. The van der Waals surface area contributed by atoms with E-state index in [4.69, 9.17) is 0 Å². The zero-order valence-corrected chi connectivity index (χ0v) is 12.2. The monoisotopic (exact) mass is 294 g/mol. The molecule has 0 radical (unpaired) electrons. The molecule has 21 heavy (non-hydrogen) atoms. The molecular weight excluding hydrogens is 275 g/mol. The molecule has 1 aromatic carbocycles. The predicted octanol–water partition coefficient (Wildman–Crippen LogP) is 2.04. The van der Waals surface area contributed by atoms with Gasteiger partial charge in [0, 0.05) is 26.1 Å². The highest BCUT2D eigenvalue weighted by atomic mass is 19.1. The molecule has 0 aliphatic carbocycles. The largest absolute Gasteiger partial charge is 0.465 e. The number of esters is 1. The number of hydrogen-bond acceptors (Lipinski definition) is 4. The Kier molecular flexibility index (Phi) is 4.77. The number of methoxy groups -OCH3 is 1. The third-order valence-electron chi connectivity index (χ3n) is 3.69. The fourth-order valence-corrected chi connectivity index (χ4v) is 2.44. The number of likely N-dealkylation sites (tertiary alicyclic amines) is 1. The van der Waals surface area contributed by atoms with Gasteiger partial charge in [-0.1, -0.05) is 0 Å². The lowest BCUT2D eigenvalue weighted by Gasteiger charge is -2.32. The summed E-state index contributed by atoms with van der Waals surface area (Å²) < 4.78 is 18.4. The molecule has 0 atom stereocenters. The van der Waals surface area contributed by atoms with Crippen molar-refractivity contribution in [3.8, 4) is 0 Å². The van der Waals surface area contributed by atoms with E-state index in [1.807, 2.05) is 0 Å². The van der Waals surface area contributed by atoms with Gasteiger partial charge in [-0.3, -0.25) is 4.79 Å². The Morgan fingerprint density at radius 1 is 1.33 bits per heavy atom. The Morgan fingerprint density at radius 3 is 2.57 bits per heavy atom. The molecule has 0 spiro atoms. The van der Waals surface area contributed by atoms with Crippen LogP contribution in [0.25, 0.3) is 0 Å². The van der Waals surface area contributed by atoms with Gasteiger partial charge in [0.25, 0.3) is 0 Å². The number of piperidine rings is 1. The molecule has 114 valence electrons. The normalized spacial score (nSPS) is 15.7. The second kappa shape index (κ2) is 6.56.